The van der Waals surface area contributed by atoms with Gasteiger partial charge in [-0.2, -0.15) is 0 Å². The normalized spacial score (nSPS) is 24.9. The van der Waals surface area contributed by atoms with Gasteiger partial charge in [0.15, 0.2) is 0 Å². The standard InChI is InChI=1S/C19H25FN2O3/c20-15-5-3-4-14(12-15)13-21-8-10-22(11-9-21)18(23)16-6-1-2-7-17(16)19(24)25/h3-5,12,16-17H,1-2,6-11,13H2,(H,24,25)/t16-,17-/m0/s1. The Hall–Kier alpha value is -1.95. The third kappa shape index (κ3) is 4.37. The second kappa shape index (κ2) is 7.95. The Morgan fingerprint density at radius 3 is 2.48 bits per heavy atom. The molecule has 136 valence electrons. The van der Waals surface area contributed by atoms with Crippen molar-refractivity contribution < 1.29 is 24.0 Å². The molecule has 1 aliphatic carbocycles. The molecule has 0 radical (unpaired) electrons. The number of carboxylic acids is 1. The van der Waals surface area contributed by atoms with Gasteiger partial charge >= 0.3 is 0 Å². The highest BCUT2D eigenvalue weighted by Crippen LogP contribution is 2.31. The number of carboxylic acid groups (broad SMARTS) is 1. The molecule has 0 unspecified atom stereocenters. The summed E-state index contributed by atoms with van der Waals surface area (Å²) in [7, 11) is 0. The van der Waals surface area contributed by atoms with E-state index in [2.05, 4.69) is 0 Å². The smallest absolute Gasteiger partial charge is 0.226 e. The molecular formula is C19H25FN2O3. The quantitative estimate of drug-likeness (QED) is 0.806. The van der Waals surface area contributed by atoms with Crippen molar-refractivity contribution in [2.75, 3.05) is 26.2 Å². The molecule has 1 aromatic carbocycles. The minimum atomic E-state index is -1.09. The van der Waals surface area contributed by atoms with Crippen molar-refractivity contribution in [1.82, 2.24) is 4.90 Å². The molecule has 2 atom stereocenters. The van der Waals surface area contributed by atoms with Crippen LogP contribution in [0.25, 0.3) is 0 Å². The summed E-state index contributed by atoms with van der Waals surface area (Å²) in [6, 6.07) is 6.62. The van der Waals surface area contributed by atoms with E-state index in [1.54, 1.807) is 17.0 Å². The van der Waals surface area contributed by atoms with E-state index < -0.39 is 17.8 Å². The Morgan fingerprint density at radius 1 is 1.16 bits per heavy atom. The third-order valence-electron chi connectivity index (χ3n) is 5.51. The number of rotatable bonds is 4. The van der Waals surface area contributed by atoms with Crippen molar-refractivity contribution >= 4 is 11.9 Å². The summed E-state index contributed by atoms with van der Waals surface area (Å²) in [5.41, 5.74) is 0.957. The molecule has 1 aromatic rings. The highest BCUT2D eigenvalue weighted by molar-refractivity contribution is 5.84. The summed E-state index contributed by atoms with van der Waals surface area (Å²) in [5, 5.41) is 11.3. The van der Waals surface area contributed by atoms with Crippen LogP contribution >= 0.6 is 0 Å². The highest BCUT2D eigenvalue weighted by Gasteiger charge is 2.36. The van der Waals surface area contributed by atoms with E-state index in [9.17, 15) is 19.1 Å². The first-order valence-corrected chi connectivity index (χ1v) is 9.12. The molecule has 1 amide bonds. The van der Waals surface area contributed by atoms with E-state index in [0.717, 1.165) is 38.0 Å². The van der Waals surface area contributed by atoms with Crippen LogP contribution in [-0.2, 0) is 16.1 Å². The highest BCUT2D eigenvalue weighted by atomic mass is 19.1. The average Bonchev–Trinajstić information content (AvgIpc) is 2.62. The first-order valence-electron chi connectivity index (χ1n) is 9.12. The number of nitrogens with one attached hydrogen (secondary N) is 1. The molecule has 2 fully saturated rings. The lowest BCUT2D eigenvalue weighted by molar-refractivity contribution is -0.917. The maximum absolute atomic E-state index is 13.3. The Morgan fingerprint density at radius 2 is 1.84 bits per heavy atom. The van der Waals surface area contributed by atoms with Crippen LogP contribution < -0.4 is 10.0 Å². The van der Waals surface area contributed by atoms with Crippen molar-refractivity contribution in [3.8, 4) is 0 Å². The summed E-state index contributed by atoms with van der Waals surface area (Å²) in [4.78, 5) is 27.2. The zero-order chi connectivity index (χ0) is 17.8. The number of halogens is 1. The van der Waals surface area contributed by atoms with Gasteiger partial charge in [-0.3, -0.25) is 4.79 Å². The summed E-state index contributed by atoms with van der Waals surface area (Å²) >= 11 is 0. The molecule has 2 aliphatic rings. The summed E-state index contributed by atoms with van der Waals surface area (Å²) in [6.07, 6.45) is 2.95. The van der Waals surface area contributed by atoms with Crippen molar-refractivity contribution in [3.05, 3.63) is 35.6 Å². The van der Waals surface area contributed by atoms with Crippen LogP contribution in [0, 0.1) is 17.7 Å². The number of carbonyl (C=O) groups excluding carboxylic acids is 2. The van der Waals surface area contributed by atoms with E-state index in [-0.39, 0.29) is 11.7 Å². The molecular weight excluding hydrogens is 323 g/mol. The molecule has 3 rings (SSSR count). The lowest BCUT2D eigenvalue weighted by Crippen LogP contribution is -3.13. The lowest BCUT2D eigenvalue weighted by atomic mass is 9.78. The van der Waals surface area contributed by atoms with E-state index in [1.807, 2.05) is 6.07 Å². The van der Waals surface area contributed by atoms with Crippen LogP contribution in [0.15, 0.2) is 24.3 Å². The molecule has 0 spiro atoms. The van der Waals surface area contributed by atoms with Crippen molar-refractivity contribution in [2.24, 2.45) is 11.8 Å². The molecule has 1 N–H and O–H groups in total. The van der Waals surface area contributed by atoms with Crippen molar-refractivity contribution in [2.45, 2.75) is 32.2 Å². The third-order valence-corrected chi connectivity index (χ3v) is 5.51. The second-order valence-corrected chi connectivity index (χ2v) is 7.20. The SMILES string of the molecule is O=C([O-])[C@H]1CCCC[C@@H]1C(=O)N1CC[NH+](Cc2cccc(F)c2)CC1. The number of hydrogen-bond donors (Lipinski definition) is 1. The van der Waals surface area contributed by atoms with Gasteiger partial charge in [0.1, 0.15) is 12.4 Å². The Balaban J connectivity index is 1.54. The zero-order valence-corrected chi connectivity index (χ0v) is 14.4. The number of carbonyl (C=O) groups is 2. The second-order valence-electron chi connectivity index (χ2n) is 7.20. The topological polar surface area (TPSA) is 64.9 Å². The van der Waals surface area contributed by atoms with Gasteiger partial charge in [-0.15, -0.1) is 0 Å². The molecule has 1 saturated heterocycles. The fourth-order valence-electron chi connectivity index (χ4n) is 4.10. The molecule has 1 heterocycles. The largest absolute Gasteiger partial charge is 0.550 e. The van der Waals surface area contributed by atoms with Crippen molar-refractivity contribution in [1.29, 1.82) is 0 Å². The maximum Gasteiger partial charge on any atom is 0.226 e. The number of hydrogen-bond acceptors (Lipinski definition) is 3. The van der Waals surface area contributed by atoms with Gasteiger partial charge in [-0.25, -0.2) is 4.39 Å². The minimum absolute atomic E-state index is 0.0290. The van der Waals surface area contributed by atoms with Gasteiger partial charge in [0.05, 0.1) is 26.2 Å². The number of amides is 1. The van der Waals surface area contributed by atoms with Crippen LogP contribution in [0.3, 0.4) is 0 Å². The van der Waals surface area contributed by atoms with Crippen molar-refractivity contribution in [3.63, 3.8) is 0 Å². The molecule has 25 heavy (non-hydrogen) atoms. The Kier molecular flexibility index (Phi) is 5.68. The van der Waals surface area contributed by atoms with Crippen LogP contribution in [0.2, 0.25) is 0 Å². The van der Waals surface area contributed by atoms with Crippen LogP contribution in [0.5, 0.6) is 0 Å². The average molecular weight is 348 g/mol. The molecule has 0 aromatic heterocycles. The first kappa shape index (κ1) is 17.9. The summed E-state index contributed by atoms with van der Waals surface area (Å²) in [5.74, 6) is -2.41. The van der Waals surface area contributed by atoms with Crippen LogP contribution in [0.1, 0.15) is 31.2 Å². The molecule has 1 aliphatic heterocycles. The van der Waals surface area contributed by atoms with E-state index in [4.69, 9.17) is 0 Å². The monoisotopic (exact) mass is 348 g/mol. The van der Waals surface area contributed by atoms with Gasteiger partial charge in [-0.05, 0) is 25.0 Å². The van der Waals surface area contributed by atoms with Crippen LogP contribution in [0.4, 0.5) is 4.39 Å². The Bertz CT molecular complexity index is 629. The fraction of sp³-hybridized carbons (Fsp3) is 0.579. The van der Waals surface area contributed by atoms with Gasteiger partial charge in [0.25, 0.3) is 0 Å². The molecule has 5 nitrogen and oxygen atoms in total. The molecule has 6 heteroatoms. The lowest BCUT2D eigenvalue weighted by Gasteiger charge is -2.38. The first-order chi connectivity index (χ1) is 12.0. The molecule has 1 saturated carbocycles. The summed E-state index contributed by atoms with van der Waals surface area (Å²) < 4.78 is 13.3. The molecule has 0 bridgehead atoms. The fourth-order valence-corrected chi connectivity index (χ4v) is 4.10. The number of benzene rings is 1. The van der Waals surface area contributed by atoms with Gasteiger partial charge in [0, 0.05) is 23.4 Å². The zero-order valence-electron chi connectivity index (χ0n) is 14.4. The number of nitrogens with zero attached hydrogens (tertiary/aromatic N) is 1. The van der Waals surface area contributed by atoms with Crippen LogP contribution in [-0.4, -0.2) is 43.0 Å². The number of piperazine rings is 1. The number of quaternary nitrogens is 1. The van der Waals surface area contributed by atoms with Gasteiger partial charge < -0.3 is 19.7 Å². The van der Waals surface area contributed by atoms with E-state index >= 15 is 0 Å². The minimum Gasteiger partial charge on any atom is -0.550 e. The van der Waals surface area contributed by atoms with Gasteiger partial charge in [-0.1, -0.05) is 25.0 Å². The van der Waals surface area contributed by atoms with E-state index in [0.29, 0.717) is 25.9 Å². The van der Waals surface area contributed by atoms with E-state index in [1.165, 1.54) is 11.0 Å². The summed E-state index contributed by atoms with van der Waals surface area (Å²) in [6.45, 7) is 3.58. The maximum atomic E-state index is 13.3. The Labute approximate surface area is 147 Å². The number of aliphatic carboxylic acids is 1. The van der Waals surface area contributed by atoms with Gasteiger partial charge in [0.2, 0.25) is 5.91 Å². The predicted molar refractivity (Wildman–Crippen MR) is 87.8 cm³/mol. The predicted octanol–water partition coefficient (Wildman–Crippen LogP) is -0.391.